The van der Waals surface area contributed by atoms with E-state index in [1.807, 2.05) is 0 Å². The zero-order valence-corrected chi connectivity index (χ0v) is 10.1. The molecule has 2 saturated carbocycles. The van der Waals surface area contributed by atoms with E-state index in [1.54, 1.807) is 0 Å². The van der Waals surface area contributed by atoms with Crippen LogP contribution in [0.1, 0.15) is 64.7 Å². The van der Waals surface area contributed by atoms with Crippen molar-refractivity contribution in [1.29, 1.82) is 0 Å². The summed E-state index contributed by atoms with van der Waals surface area (Å²) in [4.78, 5) is 0. The highest BCUT2D eigenvalue weighted by atomic mass is 16.3. The van der Waals surface area contributed by atoms with E-state index in [9.17, 15) is 5.11 Å². The molecule has 1 unspecified atom stereocenters. The second-order valence-corrected chi connectivity index (χ2v) is 5.79. The molecule has 0 aromatic heterocycles. The predicted molar refractivity (Wildman–Crippen MR) is 63.7 cm³/mol. The maximum atomic E-state index is 10.2. The fourth-order valence-corrected chi connectivity index (χ4v) is 3.24. The maximum absolute atomic E-state index is 10.2. The molecular weight excluding hydrogens is 184 g/mol. The number of hydrogen-bond donors (Lipinski definition) is 1. The van der Waals surface area contributed by atoms with Gasteiger partial charge in [-0.05, 0) is 37.0 Å². The molecule has 15 heavy (non-hydrogen) atoms. The molecule has 0 amide bonds. The Balaban J connectivity index is 1.69. The molecule has 88 valence electrons. The molecule has 0 aliphatic heterocycles. The Hall–Kier alpha value is -0.0400. The van der Waals surface area contributed by atoms with Crippen LogP contribution in [0.2, 0.25) is 0 Å². The molecule has 0 aromatic carbocycles. The highest BCUT2D eigenvalue weighted by Crippen LogP contribution is 2.37. The van der Waals surface area contributed by atoms with Crippen LogP contribution in [0.3, 0.4) is 0 Å². The molecule has 0 spiro atoms. The van der Waals surface area contributed by atoms with Crippen LogP contribution in [-0.2, 0) is 0 Å². The third-order valence-electron chi connectivity index (χ3n) is 4.81. The third kappa shape index (κ3) is 2.96. The van der Waals surface area contributed by atoms with E-state index < -0.39 is 0 Å². The minimum atomic E-state index is 0.0214. The SMILES string of the molecule is CCC1CCC(C(O)CC2CCC2)CC1. The summed E-state index contributed by atoms with van der Waals surface area (Å²) in [5.41, 5.74) is 0. The topological polar surface area (TPSA) is 20.2 Å². The molecule has 0 aromatic rings. The van der Waals surface area contributed by atoms with Gasteiger partial charge in [-0.2, -0.15) is 0 Å². The van der Waals surface area contributed by atoms with Crippen molar-refractivity contribution in [3.63, 3.8) is 0 Å². The number of hydrogen-bond acceptors (Lipinski definition) is 1. The summed E-state index contributed by atoms with van der Waals surface area (Å²) >= 11 is 0. The Morgan fingerprint density at radius 2 is 1.67 bits per heavy atom. The highest BCUT2D eigenvalue weighted by Gasteiger charge is 2.29. The van der Waals surface area contributed by atoms with Gasteiger partial charge in [-0.15, -0.1) is 0 Å². The lowest BCUT2D eigenvalue weighted by molar-refractivity contribution is 0.0410. The highest BCUT2D eigenvalue weighted by molar-refractivity contribution is 4.81. The molecule has 2 aliphatic carbocycles. The van der Waals surface area contributed by atoms with Gasteiger partial charge in [-0.25, -0.2) is 0 Å². The summed E-state index contributed by atoms with van der Waals surface area (Å²) in [6.45, 7) is 2.30. The predicted octanol–water partition coefficient (Wildman–Crippen LogP) is 3.75. The van der Waals surface area contributed by atoms with Gasteiger partial charge in [0.25, 0.3) is 0 Å². The van der Waals surface area contributed by atoms with Crippen molar-refractivity contribution < 1.29 is 5.11 Å². The summed E-state index contributed by atoms with van der Waals surface area (Å²) in [5.74, 6) is 2.45. The Bertz CT molecular complexity index is 178. The van der Waals surface area contributed by atoms with Crippen LogP contribution in [0.15, 0.2) is 0 Å². The maximum Gasteiger partial charge on any atom is 0.0571 e. The van der Waals surface area contributed by atoms with Crippen LogP contribution in [0.25, 0.3) is 0 Å². The minimum Gasteiger partial charge on any atom is -0.393 e. The zero-order valence-electron chi connectivity index (χ0n) is 10.1. The molecule has 1 nitrogen and oxygen atoms in total. The minimum absolute atomic E-state index is 0.0214. The summed E-state index contributed by atoms with van der Waals surface area (Å²) in [6.07, 6.45) is 11.9. The molecule has 2 rings (SSSR count). The second kappa shape index (κ2) is 5.34. The fourth-order valence-electron chi connectivity index (χ4n) is 3.24. The van der Waals surface area contributed by atoms with Gasteiger partial charge in [-0.1, -0.05) is 45.4 Å². The van der Waals surface area contributed by atoms with Crippen molar-refractivity contribution in [3.8, 4) is 0 Å². The molecule has 1 N–H and O–H groups in total. The Morgan fingerprint density at radius 3 is 2.13 bits per heavy atom. The second-order valence-electron chi connectivity index (χ2n) is 5.79. The van der Waals surface area contributed by atoms with Crippen molar-refractivity contribution >= 4 is 0 Å². The zero-order chi connectivity index (χ0) is 10.7. The normalized spacial score (nSPS) is 34.8. The quantitative estimate of drug-likeness (QED) is 0.749. The lowest BCUT2D eigenvalue weighted by Crippen LogP contribution is -2.29. The van der Waals surface area contributed by atoms with Crippen LogP contribution in [-0.4, -0.2) is 11.2 Å². The Morgan fingerprint density at radius 1 is 1.00 bits per heavy atom. The van der Waals surface area contributed by atoms with Crippen molar-refractivity contribution in [2.24, 2.45) is 17.8 Å². The average molecular weight is 210 g/mol. The Labute approximate surface area is 94.3 Å². The van der Waals surface area contributed by atoms with E-state index >= 15 is 0 Å². The first-order valence-corrected chi connectivity index (χ1v) is 6.97. The average Bonchev–Trinajstić information content (AvgIpc) is 2.23. The monoisotopic (exact) mass is 210 g/mol. The molecule has 0 heterocycles. The number of rotatable bonds is 4. The van der Waals surface area contributed by atoms with Crippen LogP contribution in [0.4, 0.5) is 0 Å². The van der Waals surface area contributed by atoms with Gasteiger partial charge in [0.1, 0.15) is 0 Å². The molecule has 1 heteroatoms. The largest absolute Gasteiger partial charge is 0.393 e. The molecule has 0 saturated heterocycles. The van der Waals surface area contributed by atoms with Crippen molar-refractivity contribution in [1.82, 2.24) is 0 Å². The smallest absolute Gasteiger partial charge is 0.0571 e. The van der Waals surface area contributed by atoms with Crippen molar-refractivity contribution in [2.75, 3.05) is 0 Å². The van der Waals surface area contributed by atoms with Gasteiger partial charge < -0.3 is 5.11 Å². The van der Waals surface area contributed by atoms with Crippen molar-refractivity contribution in [2.45, 2.75) is 70.8 Å². The van der Waals surface area contributed by atoms with Crippen LogP contribution >= 0.6 is 0 Å². The first-order chi connectivity index (χ1) is 7.29. The van der Waals surface area contributed by atoms with Gasteiger partial charge in [-0.3, -0.25) is 0 Å². The first-order valence-electron chi connectivity index (χ1n) is 6.97. The van der Waals surface area contributed by atoms with E-state index in [0.717, 1.165) is 18.3 Å². The molecule has 2 aliphatic rings. The summed E-state index contributed by atoms with van der Waals surface area (Å²) < 4.78 is 0. The van der Waals surface area contributed by atoms with E-state index in [-0.39, 0.29) is 6.10 Å². The van der Waals surface area contributed by atoms with E-state index in [1.165, 1.54) is 51.4 Å². The van der Waals surface area contributed by atoms with Crippen LogP contribution in [0.5, 0.6) is 0 Å². The van der Waals surface area contributed by atoms with Crippen LogP contribution in [0, 0.1) is 17.8 Å². The van der Waals surface area contributed by atoms with E-state index in [4.69, 9.17) is 0 Å². The van der Waals surface area contributed by atoms with Gasteiger partial charge in [0.2, 0.25) is 0 Å². The summed E-state index contributed by atoms with van der Waals surface area (Å²) in [6, 6.07) is 0. The standard InChI is InChI=1S/C14H26O/c1-2-11-6-8-13(9-7-11)14(15)10-12-4-3-5-12/h11-15H,2-10H2,1H3. The molecule has 1 atom stereocenters. The summed E-state index contributed by atoms with van der Waals surface area (Å²) in [5, 5.41) is 10.2. The Kier molecular flexibility index (Phi) is 4.07. The van der Waals surface area contributed by atoms with Gasteiger partial charge in [0, 0.05) is 0 Å². The van der Waals surface area contributed by atoms with E-state index in [2.05, 4.69) is 6.92 Å². The van der Waals surface area contributed by atoms with E-state index in [0.29, 0.717) is 5.92 Å². The third-order valence-corrected chi connectivity index (χ3v) is 4.81. The van der Waals surface area contributed by atoms with Gasteiger partial charge in [0.15, 0.2) is 0 Å². The molecular formula is C14H26O. The fraction of sp³-hybridized carbons (Fsp3) is 1.00. The van der Waals surface area contributed by atoms with Crippen molar-refractivity contribution in [3.05, 3.63) is 0 Å². The van der Waals surface area contributed by atoms with Gasteiger partial charge >= 0.3 is 0 Å². The molecule has 2 fully saturated rings. The van der Waals surface area contributed by atoms with Crippen LogP contribution < -0.4 is 0 Å². The first kappa shape index (κ1) is 11.4. The van der Waals surface area contributed by atoms with Gasteiger partial charge in [0.05, 0.1) is 6.10 Å². The number of aliphatic hydroxyl groups excluding tert-OH is 1. The molecule has 0 bridgehead atoms. The number of aliphatic hydroxyl groups is 1. The lowest BCUT2D eigenvalue weighted by Gasteiger charge is -2.34. The lowest BCUT2D eigenvalue weighted by atomic mass is 9.74. The molecule has 0 radical (unpaired) electrons. The summed E-state index contributed by atoms with van der Waals surface area (Å²) in [7, 11) is 0.